The molecule has 0 radical (unpaired) electrons. The third-order valence-corrected chi connectivity index (χ3v) is 7.41. The first-order chi connectivity index (χ1) is 13.9. The monoisotopic (exact) mass is 435 g/mol. The number of rotatable bonds is 6. The SMILES string of the molecule is C[C@@H](NC(=O)NCc1ccccc1S(=O)(=O)N1CCCCC1)c1ccccc1Cl. The van der Waals surface area contributed by atoms with Gasteiger partial charge in [0.15, 0.2) is 0 Å². The fraction of sp³-hybridized carbons (Fsp3) is 0.381. The summed E-state index contributed by atoms with van der Waals surface area (Å²) in [6.45, 7) is 3.04. The van der Waals surface area contributed by atoms with Crippen molar-refractivity contribution in [2.24, 2.45) is 0 Å². The summed E-state index contributed by atoms with van der Waals surface area (Å²) < 4.78 is 27.6. The molecule has 2 aromatic carbocycles. The summed E-state index contributed by atoms with van der Waals surface area (Å²) in [6, 6.07) is 13.5. The molecule has 2 N–H and O–H groups in total. The number of hydrogen-bond acceptors (Lipinski definition) is 3. The van der Waals surface area contributed by atoms with Gasteiger partial charge in [0.25, 0.3) is 0 Å². The standard InChI is InChI=1S/C21H26ClN3O3S/c1-16(18-10-4-5-11-19(18)22)24-21(26)23-15-17-9-3-6-12-20(17)29(27,28)25-13-7-2-8-14-25/h3-6,9-12,16H,2,7-8,13-15H2,1H3,(H2,23,24,26)/t16-/m1/s1. The van der Waals surface area contributed by atoms with Gasteiger partial charge in [0.05, 0.1) is 10.9 Å². The maximum atomic E-state index is 13.0. The van der Waals surface area contributed by atoms with Gasteiger partial charge in [0.1, 0.15) is 0 Å². The van der Waals surface area contributed by atoms with E-state index in [-0.39, 0.29) is 23.5 Å². The predicted molar refractivity (Wildman–Crippen MR) is 114 cm³/mol. The van der Waals surface area contributed by atoms with E-state index in [0.29, 0.717) is 23.7 Å². The lowest BCUT2D eigenvalue weighted by atomic mass is 10.1. The lowest BCUT2D eigenvalue weighted by molar-refractivity contribution is 0.237. The number of carbonyl (C=O) groups is 1. The molecule has 1 aliphatic rings. The fourth-order valence-electron chi connectivity index (χ4n) is 3.47. The van der Waals surface area contributed by atoms with Gasteiger partial charge in [-0.3, -0.25) is 0 Å². The van der Waals surface area contributed by atoms with Crippen LogP contribution in [0, 0.1) is 0 Å². The van der Waals surface area contributed by atoms with Crippen LogP contribution in [0.5, 0.6) is 0 Å². The van der Waals surface area contributed by atoms with Gasteiger partial charge in [-0.1, -0.05) is 54.4 Å². The van der Waals surface area contributed by atoms with E-state index in [1.807, 2.05) is 25.1 Å². The van der Waals surface area contributed by atoms with E-state index in [1.54, 1.807) is 30.3 Å². The summed E-state index contributed by atoms with van der Waals surface area (Å²) in [5.41, 5.74) is 1.39. The van der Waals surface area contributed by atoms with Gasteiger partial charge >= 0.3 is 6.03 Å². The number of urea groups is 1. The summed E-state index contributed by atoms with van der Waals surface area (Å²) in [5, 5.41) is 6.17. The van der Waals surface area contributed by atoms with Crippen molar-refractivity contribution in [1.82, 2.24) is 14.9 Å². The molecule has 0 bridgehead atoms. The normalized spacial score (nSPS) is 16.2. The highest BCUT2D eigenvalue weighted by Gasteiger charge is 2.28. The zero-order chi connectivity index (χ0) is 20.9. The molecule has 1 fully saturated rings. The molecule has 0 spiro atoms. The van der Waals surface area contributed by atoms with Gasteiger partial charge in [-0.2, -0.15) is 4.31 Å². The van der Waals surface area contributed by atoms with Gasteiger partial charge in [0.2, 0.25) is 10.0 Å². The molecule has 29 heavy (non-hydrogen) atoms. The van der Waals surface area contributed by atoms with Crippen LogP contribution in [0.1, 0.15) is 43.4 Å². The van der Waals surface area contributed by atoms with Gasteiger partial charge in [-0.05, 0) is 43.0 Å². The number of nitrogens with zero attached hydrogens (tertiary/aromatic N) is 1. The van der Waals surface area contributed by atoms with Gasteiger partial charge in [0, 0.05) is 24.7 Å². The zero-order valence-corrected chi connectivity index (χ0v) is 18.0. The van der Waals surface area contributed by atoms with Crippen molar-refractivity contribution < 1.29 is 13.2 Å². The average molecular weight is 436 g/mol. The highest BCUT2D eigenvalue weighted by molar-refractivity contribution is 7.89. The van der Waals surface area contributed by atoms with Crippen molar-refractivity contribution in [2.75, 3.05) is 13.1 Å². The maximum Gasteiger partial charge on any atom is 0.315 e. The number of halogens is 1. The predicted octanol–water partition coefficient (Wildman–Crippen LogP) is 4.08. The third kappa shape index (κ3) is 5.29. The molecule has 0 saturated carbocycles. The molecule has 6 nitrogen and oxygen atoms in total. The van der Waals surface area contributed by atoms with E-state index in [9.17, 15) is 13.2 Å². The Balaban J connectivity index is 1.67. The summed E-state index contributed by atoms with van der Waals surface area (Å²) in [7, 11) is -3.57. The Morgan fingerprint density at radius 3 is 2.45 bits per heavy atom. The molecular formula is C21H26ClN3O3S. The van der Waals surface area contributed by atoms with Crippen LogP contribution in [0.2, 0.25) is 5.02 Å². The lowest BCUT2D eigenvalue weighted by Crippen LogP contribution is -2.38. The van der Waals surface area contributed by atoms with Crippen molar-refractivity contribution >= 4 is 27.7 Å². The molecule has 156 valence electrons. The Kier molecular flexibility index (Phi) is 7.16. The Labute approximate surface area is 177 Å². The summed E-state index contributed by atoms with van der Waals surface area (Å²) in [6.07, 6.45) is 2.81. The Morgan fingerprint density at radius 1 is 1.07 bits per heavy atom. The molecule has 1 aliphatic heterocycles. The van der Waals surface area contributed by atoms with E-state index >= 15 is 0 Å². The molecule has 0 aliphatic carbocycles. The second-order valence-electron chi connectivity index (χ2n) is 7.14. The minimum atomic E-state index is -3.57. The van der Waals surface area contributed by atoms with Crippen LogP contribution in [-0.2, 0) is 16.6 Å². The number of benzene rings is 2. The molecule has 1 atom stereocenters. The molecule has 8 heteroatoms. The number of piperidine rings is 1. The second kappa shape index (κ2) is 9.61. The molecule has 3 rings (SSSR count). The number of carbonyl (C=O) groups excluding carboxylic acids is 1. The summed E-state index contributed by atoms with van der Waals surface area (Å²) in [5.74, 6) is 0. The Bertz CT molecular complexity index is 959. The molecule has 0 aromatic heterocycles. The van der Waals surface area contributed by atoms with Gasteiger partial charge in [-0.25, -0.2) is 13.2 Å². The second-order valence-corrected chi connectivity index (χ2v) is 9.46. The molecule has 1 saturated heterocycles. The Hall–Kier alpha value is -2.09. The summed E-state index contributed by atoms with van der Waals surface area (Å²) in [4.78, 5) is 12.6. The van der Waals surface area contributed by atoms with Crippen LogP contribution >= 0.6 is 11.6 Å². The van der Waals surface area contributed by atoms with E-state index < -0.39 is 10.0 Å². The third-order valence-electron chi connectivity index (χ3n) is 5.06. The van der Waals surface area contributed by atoms with Crippen molar-refractivity contribution in [1.29, 1.82) is 0 Å². The number of hydrogen-bond donors (Lipinski definition) is 2. The van der Waals surface area contributed by atoms with Crippen molar-refractivity contribution in [2.45, 2.75) is 43.7 Å². The van der Waals surface area contributed by atoms with Gasteiger partial charge in [-0.15, -0.1) is 0 Å². The van der Waals surface area contributed by atoms with Gasteiger partial charge < -0.3 is 10.6 Å². The number of amides is 2. The molecular weight excluding hydrogens is 410 g/mol. The summed E-state index contributed by atoms with van der Waals surface area (Å²) >= 11 is 6.18. The van der Waals surface area contributed by atoms with Crippen molar-refractivity contribution in [3.63, 3.8) is 0 Å². The van der Waals surface area contributed by atoms with Crippen LogP contribution in [0.4, 0.5) is 4.79 Å². The quantitative estimate of drug-likeness (QED) is 0.717. The molecule has 2 amide bonds. The first-order valence-corrected chi connectivity index (χ1v) is 11.6. The van der Waals surface area contributed by atoms with Crippen LogP contribution in [0.25, 0.3) is 0 Å². The highest BCUT2D eigenvalue weighted by Crippen LogP contribution is 2.24. The van der Waals surface area contributed by atoms with Crippen molar-refractivity contribution in [3.8, 4) is 0 Å². The lowest BCUT2D eigenvalue weighted by Gasteiger charge is -2.27. The van der Waals surface area contributed by atoms with Crippen molar-refractivity contribution in [3.05, 3.63) is 64.7 Å². The molecule has 1 heterocycles. The smallest absolute Gasteiger partial charge is 0.315 e. The zero-order valence-electron chi connectivity index (χ0n) is 16.4. The minimum absolute atomic E-state index is 0.115. The first-order valence-electron chi connectivity index (χ1n) is 9.76. The highest BCUT2D eigenvalue weighted by atomic mass is 35.5. The van der Waals surface area contributed by atoms with Crippen LogP contribution in [-0.4, -0.2) is 31.8 Å². The molecule has 0 unspecified atom stereocenters. The number of nitrogens with one attached hydrogen (secondary N) is 2. The van der Waals surface area contributed by atoms with Crippen LogP contribution in [0.3, 0.4) is 0 Å². The van der Waals surface area contributed by atoms with E-state index in [4.69, 9.17) is 11.6 Å². The Morgan fingerprint density at radius 2 is 1.72 bits per heavy atom. The number of sulfonamides is 1. The first kappa shape index (κ1) is 21.6. The van der Waals surface area contributed by atoms with Crippen LogP contribution < -0.4 is 10.6 Å². The molecule has 2 aromatic rings. The minimum Gasteiger partial charge on any atom is -0.334 e. The largest absolute Gasteiger partial charge is 0.334 e. The van der Waals surface area contributed by atoms with Crippen LogP contribution in [0.15, 0.2) is 53.4 Å². The fourth-order valence-corrected chi connectivity index (χ4v) is 5.51. The maximum absolute atomic E-state index is 13.0. The van der Waals surface area contributed by atoms with E-state index in [0.717, 1.165) is 24.8 Å². The average Bonchev–Trinajstić information content (AvgIpc) is 2.73. The topological polar surface area (TPSA) is 78.5 Å². The van der Waals surface area contributed by atoms with E-state index in [1.165, 1.54) is 4.31 Å². The van der Waals surface area contributed by atoms with E-state index in [2.05, 4.69) is 10.6 Å².